The van der Waals surface area contributed by atoms with Crippen LogP contribution in [0.2, 0.25) is 0 Å². The van der Waals surface area contributed by atoms with Gasteiger partial charge in [-0.15, -0.1) is 4.58 Å². The highest BCUT2D eigenvalue weighted by molar-refractivity contribution is 8.01. The summed E-state index contributed by atoms with van der Waals surface area (Å²) in [5, 5.41) is 15.1. The number of rotatable bonds is 2. The van der Waals surface area contributed by atoms with Crippen molar-refractivity contribution >= 4 is 29.5 Å². The van der Waals surface area contributed by atoms with Gasteiger partial charge >= 0.3 is 5.91 Å². The van der Waals surface area contributed by atoms with Crippen LogP contribution in [0, 0.1) is 6.92 Å². The fraction of sp³-hybridized carbons (Fsp3) is 0.357. The van der Waals surface area contributed by atoms with Gasteiger partial charge in [-0.2, -0.15) is 20.5 Å². The Balaban J connectivity index is 1.66. The highest BCUT2D eigenvalue weighted by atomic mass is 32.2. The van der Waals surface area contributed by atoms with Crippen LogP contribution in [0.5, 0.6) is 0 Å². The molecule has 1 N–H and O–H groups in total. The zero-order valence-corrected chi connectivity index (χ0v) is 13.3. The lowest BCUT2D eigenvalue weighted by Crippen LogP contribution is -2.44. The molecule has 1 fully saturated rings. The van der Waals surface area contributed by atoms with Crippen LogP contribution in [-0.4, -0.2) is 47.3 Å². The van der Waals surface area contributed by atoms with E-state index < -0.39 is 0 Å². The number of nitrogens with zero attached hydrogens (tertiary/aromatic N) is 5. The van der Waals surface area contributed by atoms with Gasteiger partial charge in [-0.25, -0.2) is 4.79 Å². The molecule has 4 rings (SSSR count). The summed E-state index contributed by atoms with van der Waals surface area (Å²) < 4.78 is 3.65. The summed E-state index contributed by atoms with van der Waals surface area (Å²) in [5.74, 6) is 0.0492. The molecular formula is C14H15N6OS+. The number of carbonyl (C=O) groups excluding carboxylic acids is 1. The molecule has 8 heteroatoms. The molecule has 1 unspecified atom stereocenters. The third-order valence-electron chi connectivity index (χ3n) is 4.16. The van der Waals surface area contributed by atoms with Crippen molar-refractivity contribution < 1.29 is 9.37 Å². The van der Waals surface area contributed by atoms with Crippen LogP contribution in [0.1, 0.15) is 29.3 Å². The summed E-state index contributed by atoms with van der Waals surface area (Å²) in [6.45, 7) is 3.94. The summed E-state index contributed by atoms with van der Waals surface area (Å²) in [5.41, 5.74) is 4.52. The van der Waals surface area contributed by atoms with Gasteiger partial charge in [-0.05, 0) is 25.5 Å². The summed E-state index contributed by atoms with van der Waals surface area (Å²) >= 11 is 1.73. The molecule has 4 heterocycles. The third-order valence-corrected chi connectivity index (χ3v) is 5.54. The zero-order valence-electron chi connectivity index (χ0n) is 12.4. The molecule has 1 amide bonds. The molecular weight excluding hydrogens is 300 g/mol. The Morgan fingerprint density at radius 3 is 2.95 bits per heavy atom. The van der Waals surface area contributed by atoms with Crippen LogP contribution in [0.25, 0.3) is 5.57 Å². The normalized spacial score (nSPS) is 25.8. The molecule has 2 aromatic heterocycles. The standard InChI is InChI=1S/C14H14N6OS/c1-7-4-9(17-19(7)3)11-6-20-13(21)12(14(20)22-11)8(2)10-5-15-18-16-10/h4-6,11,14H,1-3H3/p+1/t11?,14-/m1/s1. The van der Waals surface area contributed by atoms with Gasteiger partial charge in [-0.1, -0.05) is 11.8 Å². The molecule has 2 aromatic rings. The van der Waals surface area contributed by atoms with E-state index in [1.165, 1.54) is 0 Å². The molecule has 7 nitrogen and oxygen atoms in total. The fourth-order valence-corrected chi connectivity index (χ4v) is 4.21. The smallest absolute Gasteiger partial charge is 0.273 e. The highest BCUT2D eigenvalue weighted by Crippen LogP contribution is 2.46. The van der Waals surface area contributed by atoms with Crippen LogP contribution in [0.4, 0.5) is 0 Å². The van der Waals surface area contributed by atoms with E-state index in [1.54, 1.807) is 22.5 Å². The number of carbonyl (C=O) groups is 1. The molecule has 2 aliphatic rings. The van der Waals surface area contributed by atoms with Crippen molar-refractivity contribution in [2.24, 2.45) is 7.05 Å². The van der Waals surface area contributed by atoms with E-state index in [2.05, 4.69) is 26.6 Å². The van der Waals surface area contributed by atoms with Crippen molar-refractivity contribution in [3.8, 4) is 0 Å². The molecule has 22 heavy (non-hydrogen) atoms. The Morgan fingerprint density at radius 2 is 2.32 bits per heavy atom. The van der Waals surface area contributed by atoms with Gasteiger partial charge in [0.05, 0.1) is 11.9 Å². The van der Waals surface area contributed by atoms with Gasteiger partial charge < -0.3 is 0 Å². The number of hydrogen-bond donors (Lipinski definition) is 1. The van der Waals surface area contributed by atoms with Crippen molar-refractivity contribution in [1.29, 1.82) is 0 Å². The second-order valence-corrected chi connectivity index (χ2v) is 6.73. The lowest BCUT2D eigenvalue weighted by Gasteiger charge is -2.20. The SMILES string of the molecule is C/C(=C1\C(=O)[N+]2=CC(c3cc(C)n(C)n3)S[C@H]12)c1cn[nH]n1. The van der Waals surface area contributed by atoms with Crippen LogP contribution in [0.15, 0.2) is 17.8 Å². The molecule has 112 valence electrons. The van der Waals surface area contributed by atoms with Crippen LogP contribution in [-0.2, 0) is 11.8 Å². The maximum Gasteiger partial charge on any atom is 0.424 e. The Kier molecular flexibility index (Phi) is 2.83. The molecule has 0 aliphatic carbocycles. The lowest BCUT2D eigenvalue weighted by molar-refractivity contribution is -0.474. The molecule has 0 spiro atoms. The van der Waals surface area contributed by atoms with Crippen LogP contribution < -0.4 is 0 Å². The molecule has 1 saturated heterocycles. The predicted octanol–water partition coefficient (Wildman–Crippen LogP) is 1.06. The lowest BCUT2D eigenvalue weighted by atomic mass is 10.00. The average molecular weight is 315 g/mol. The number of nitrogens with one attached hydrogen (secondary N) is 1. The largest absolute Gasteiger partial charge is 0.424 e. The van der Waals surface area contributed by atoms with Gasteiger partial charge in [0.25, 0.3) is 0 Å². The van der Waals surface area contributed by atoms with Gasteiger partial charge in [0, 0.05) is 12.7 Å². The monoisotopic (exact) mass is 315 g/mol. The summed E-state index contributed by atoms with van der Waals surface area (Å²) in [4.78, 5) is 12.4. The number of aryl methyl sites for hydroxylation is 2. The molecule has 0 radical (unpaired) electrons. The Morgan fingerprint density at radius 1 is 1.50 bits per heavy atom. The van der Waals surface area contributed by atoms with Gasteiger partial charge in [-0.3, -0.25) is 4.68 Å². The maximum atomic E-state index is 12.4. The van der Waals surface area contributed by atoms with E-state index >= 15 is 0 Å². The van der Waals surface area contributed by atoms with Gasteiger partial charge in [0.2, 0.25) is 5.37 Å². The number of allylic oxidation sites excluding steroid dienone is 1. The van der Waals surface area contributed by atoms with Gasteiger partial charge in [0.1, 0.15) is 10.9 Å². The number of hydrogen-bond acceptors (Lipinski definition) is 5. The number of thioether (sulfide) groups is 1. The molecule has 0 aromatic carbocycles. The van der Waals surface area contributed by atoms with Crippen LogP contribution >= 0.6 is 11.8 Å². The first-order valence-corrected chi connectivity index (χ1v) is 7.91. The predicted molar refractivity (Wildman–Crippen MR) is 82.4 cm³/mol. The average Bonchev–Trinajstić information content (AvgIpc) is 3.19. The second kappa shape index (κ2) is 4.64. The van der Waals surface area contributed by atoms with E-state index in [0.29, 0.717) is 0 Å². The zero-order chi connectivity index (χ0) is 15.4. The first kappa shape index (κ1) is 13.4. The minimum Gasteiger partial charge on any atom is -0.273 e. The van der Waals surface area contributed by atoms with Crippen LogP contribution in [0.3, 0.4) is 0 Å². The second-order valence-electron chi connectivity index (χ2n) is 5.50. The molecule has 2 aliphatic heterocycles. The summed E-state index contributed by atoms with van der Waals surface area (Å²) in [7, 11) is 1.93. The minimum absolute atomic E-state index is 0.0492. The number of fused-ring (bicyclic) bond motifs is 1. The molecule has 2 atom stereocenters. The molecule has 0 bridgehead atoms. The number of amides is 1. The van der Waals surface area contributed by atoms with E-state index in [0.717, 1.165) is 28.2 Å². The number of H-pyrrole nitrogens is 1. The Hall–Kier alpha value is -2.22. The summed E-state index contributed by atoms with van der Waals surface area (Å²) in [6, 6.07) is 2.07. The van der Waals surface area contributed by atoms with Crippen molar-refractivity contribution in [3.05, 3.63) is 34.9 Å². The Labute approximate surface area is 131 Å². The quantitative estimate of drug-likeness (QED) is 0.509. The molecule has 0 saturated carbocycles. The van der Waals surface area contributed by atoms with Gasteiger partial charge in [0.15, 0.2) is 11.8 Å². The third kappa shape index (κ3) is 1.80. The van der Waals surface area contributed by atoms with E-state index in [1.807, 2.05) is 31.8 Å². The summed E-state index contributed by atoms with van der Waals surface area (Å²) in [6.07, 6.45) is 3.61. The van der Waals surface area contributed by atoms with E-state index in [9.17, 15) is 4.79 Å². The fourth-order valence-electron chi connectivity index (χ4n) is 2.76. The van der Waals surface area contributed by atoms with E-state index in [4.69, 9.17) is 0 Å². The van der Waals surface area contributed by atoms with E-state index in [-0.39, 0.29) is 16.5 Å². The first-order chi connectivity index (χ1) is 10.6. The van der Waals surface area contributed by atoms with Crippen molar-refractivity contribution in [2.45, 2.75) is 24.5 Å². The highest BCUT2D eigenvalue weighted by Gasteiger charge is 2.57. The minimum atomic E-state index is 0.0492. The van der Waals surface area contributed by atoms with Crippen molar-refractivity contribution in [3.63, 3.8) is 0 Å². The maximum absolute atomic E-state index is 12.4. The van der Waals surface area contributed by atoms with Crippen molar-refractivity contribution in [2.75, 3.05) is 0 Å². The number of aromatic nitrogens is 5. The topological polar surface area (TPSA) is 79.5 Å². The number of aromatic amines is 1. The van der Waals surface area contributed by atoms with Crippen molar-refractivity contribution in [1.82, 2.24) is 25.2 Å². The Bertz CT molecular complexity index is 812. The number of β-lactam (4-membered cyclic amide) rings is 1. The first-order valence-electron chi connectivity index (χ1n) is 6.97.